The molecule has 1 aromatic carbocycles. The van der Waals surface area contributed by atoms with Gasteiger partial charge >= 0.3 is 0 Å². The molecule has 0 radical (unpaired) electrons. The average Bonchev–Trinajstić information content (AvgIpc) is 3.10. The van der Waals surface area contributed by atoms with Gasteiger partial charge in [-0.2, -0.15) is 0 Å². The Morgan fingerprint density at radius 3 is 2.79 bits per heavy atom. The maximum absolute atomic E-state index is 12.3. The molecule has 0 aliphatic heterocycles. The van der Waals surface area contributed by atoms with Crippen LogP contribution in [-0.4, -0.2) is 21.0 Å². The van der Waals surface area contributed by atoms with E-state index in [1.54, 1.807) is 17.6 Å². The fraction of sp³-hybridized carbons (Fsp3) is 0.167. The highest BCUT2D eigenvalue weighted by atomic mass is 32.1. The van der Waals surface area contributed by atoms with Crippen molar-refractivity contribution in [2.75, 3.05) is 5.32 Å². The zero-order valence-corrected chi connectivity index (χ0v) is 13.8. The number of nitrogens with zero attached hydrogens (tertiary/aromatic N) is 2. The zero-order valence-electron chi connectivity index (χ0n) is 13.0. The van der Waals surface area contributed by atoms with Crippen molar-refractivity contribution in [2.24, 2.45) is 0 Å². The first kappa shape index (κ1) is 16.3. The molecule has 2 N–H and O–H groups in total. The summed E-state index contributed by atoms with van der Waals surface area (Å²) >= 11 is 1.48. The van der Waals surface area contributed by atoms with Crippen molar-refractivity contribution >= 4 is 22.9 Å². The Kier molecular flexibility index (Phi) is 5.30. The third kappa shape index (κ3) is 4.04. The molecule has 0 saturated carbocycles. The van der Waals surface area contributed by atoms with Gasteiger partial charge in [0.2, 0.25) is 0 Å². The van der Waals surface area contributed by atoms with Crippen molar-refractivity contribution in [1.82, 2.24) is 9.97 Å². The molecule has 2 heterocycles. The van der Waals surface area contributed by atoms with E-state index in [9.17, 15) is 9.90 Å². The third-order valence-electron chi connectivity index (χ3n) is 3.58. The molecular formula is C18H17N3O2S. The molecule has 0 saturated heterocycles. The molecule has 0 unspecified atom stereocenters. The van der Waals surface area contributed by atoms with Crippen molar-refractivity contribution in [1.29, 1.82) is 0 Å². The number of aliphatic hydroxyl groups is 1. The van der Waals surface area contributed by atoms with Gasteiger partial charge in [0, 0.05) is 23.6 Å². The van der Waals surface area contributed by atoms with Gasteiger partial charge in [0.15, 0.2) is 0 Å². The van der Waals surface area contributed by atoms with Crippen molar-refractivity contribution < 1.29 is 9.90 Å². The van der Waals surface area contributed by atoms with Crippen LogP contribution in [0, 0.1) is 0 Å². The molecule has 0 atom stereocenters. The molecule has 3 rings (SSSR count). The number of anilines is 1. The Bertz CT molecular complexity index is 818. The highest BCUT2D eigenvalue weighted by molar-refractivity contribution is 7.09. The lowest BCUT2D eigenvalue weighted by molar-refractivity contribution is 0.102. The van der Waals surface area contributed by atoms with Gasteiger partial charge in [-0.25, -0.2) is 4.98 Å². The van der Waals surface area contributed by atoms with Gasteiger partial charge in [-0.15, -0.1) is 11.3 Å². The van der Waals surface area contributed by atoms with Crippen molar-refractivity contribution in [3.63, 3.8) is 0 Å². The number of nitrogens with one attached hydrogen (secondary N) is 1. The number of carbonyl (C=O) groups is 1. The molecule has 5 nitrogen and oxygen atoms in total. The summed E-state index contributed by atoms with van der Waals surface area (Å²) in [7, 11) is 0. The molecule has 3 aromatic rings. The lowest BCUT2D eigenvalue weighted by atomic mass is 10.1. The topological polar surface area (TPSA) is 75.1 Å². The Morgan fingerprint density at radius 1 is 1.17 bits per heavy atom. The molecule has 24 heavy (non-hydrogen) atoms. The monoisotopic (exact) mass is 339 g/mol. The van der Waals surface area contributed by atoms with Crippen LogP contribution in [0.2, 0.25) is 0 Å². The van der Waals surface area contributed by atoms with Crippen LogP contribution < -0.4 is 5.32 Å². The van der Waals surface area contributed by atoms with Crippen LogP contribution in [0.25, 0.3) is 0 Å². The molecule has 0 spiro atoms. The van der Waals surface area contributed by atoms with Crippen molar-refractivity contribution in [3.8, 4) is 0 Å². The number of hydrogen-bond acceptors (Lipinski definition) is 5. The van der Waals surface area contributed by atoms with Gasteiger partial charge in [0.25, 0.3) is 5.91 Å². The lowest BCUT2D eigenvalue weighted by Gasteiger charge is -2.07. The zero-order chi connectivity index (χ0) is 16.8. The quantitative estimate of drug-likeness (QED) is 0.724. The minimum absolute atomic E-state index is 0.155. The van der Waals surface area contributed by atoms with Crippen molar-refractivity contribution in [2.45, 2.75) is 19.4 Å². The third-order valence-corrected chi connectivity index (χ3v) is 4.49. The first-order valence-electron chi connectivity index (χ1n) is 7.59. The number of aryl methyl sites for hydroxylation is 2. The number of carbonyl (C=O) groups excluding carboxylic acids is 1. The Morgan fingerprint density at radius 2 is 2.00 bits per heavy atom. The molecule has 0 bridgehead atoms. The number of thiazole rings is 1. The average molecular weight is 339 g/mol. The summed E-state index contributed by atoms with van der Waals surface area (Å²) in [4.78, 5) is 20.7. The lowest BCUT2D eigenvalue weighted by Crippen LogP contribution is -2.14. The van der Waals surface area contributed by atoms with Gasteiger partial charge in [0.05, 0.1) is 23.5 Å². The normalized spacial score (nSPS) is 10.5. The highest BCUT2D eigenvalue weighted by Crippen LogP contribution is 2.17. The maximum Gasteiger partial charge on any atom is 0.275 e. The van der Waals surface area contributed by atoms with Crippen LogP contribution in [-0.2, 0) is 19.4 Å². The fourth-order valence-electron chi connectivity index (χ4n) is 2.29. The molecule has 2 aromatic heterocycles. The minimum atomic E-state index is -0.292. The number of benzene rings is 1. The number of rotatable bonds is 6. The van der Waals surface area contributed by atoms with E-state index in [1.165, 1.54) is 23.1 Å². The van der Waals surface area contributed by atoms with Crippen LogP contribution >= 0.6 is 11.3 Å². The number of aromatic nitrogens is 2. The van der Waals surface area contributed by atoms with Gasteiger partial charge < -0.3 is 10.4 Å². The molecule has 6 heteroatoms. The summed E-state index contributed by atoms with van der Waals surface area (Å²) in [5.74, 6) is -0.292. The predicted molar refractivity (Wildman–Crippen MR) is 94.1 cm³/mol. The smallest absolute Gasteiger partial charge is 0.275 e. The summed E-state index contributed by atoms with van der Waals surface area (Å²) in [6.45, 7) is -0.155. The van der Waals surface area contributed by atoms with E-state index in [4.69, 9.17) is 0 Å². The van der Waals surface area contributed by atoms with Crippen LogP contribution in [0.3, 0.4) is 0 Å². The highest BCUT2D eigenvalue weighted by Gasteiger charge is 2.13. The van der Waals surface area contributed by atoms with E-state index in [0.717, 1.165) is 17.8 Å². The molecule has 122 valence electrons. The summed E-state index contributed by atoms with van der Waals surface area (Å²) in [5, 5.41) is 14.7. The van der Waals surface area contributed by atoms with Gasteiger partial charge in [-0.3, -0.25) is 9.78 Å². The van der Waals surface area contributed by atoms with Gasteiger partial charge in [-0.05, 0) is 18.1 Å². The number of pyridine rings is 1. The number of hydrogen-bond donors (Lipinski definition) is 2. The maximum atomic E-state index is 12.3. The largest absolute Gasteiger partial charge is 0.392 e. The van der Waals surface area contributed by atoms with Crippen LogP contribution in [0.5, 0.6) is 0 Å². The molecule has 0 aliphatic rings. The van der Waals surface area contributed by atoms with Crippen molar-refractivity contribution in [3.05, 3.63) is 76.0 Å². The van der Waals surface area contributed by atoms with E-state index in [-0.39, 0.29) is 12.5 Å². The van der Waals surface area contributed by atoms with Crippen LogP contribution in [0.1, 0.15) is 26.6 Å². The summed E-state index contributed by atoms with van der Waals surface area (Å²) in [6.07, 6.45) is 4.79. The van der Waals surface area contributed by atoms with E-state index in [0.29, 0.717) is 16.9 Å². The SMILES string of the molecule is O=C(Nc1cnccc1CO)c1csc(CCc2ccccc2)n1. The molecular weight excluding hydrogens is 322 g/mol. The Labute approximate surface area is 144 Å². The Hall–Kier alpha value is -2.57. The number of aliphatic hydroxyl groups excluding tert-OH is 1. The number of amides is 1. The standard InChI is InChI=1S/C18H17N3O2S/c22-11-14-8-9-19-10-15(14)21-18(23)16-12-24-17(20-16)7-6-13-4-2-1-3-5-13/h1-5,8-10,12,22H,6-7,11H2,(H,21,23). The second-order valence-corrected chi connectivity index (χ2v) is 6.20. The first-order chi connectivity index (χ1) is 11.8. The van der Waals surface area contributed by atoms with E-state index < -0.39 is 0 Å². The van der Waals surface area contributed by atoms with Gasteiger partial charge in [0.1, 0.15) is 5.69 Å². The van der Waals surface area contributed by atoms with Crippen LogP contribution in [0.15, 0.2) is 54.2 Å². The van der Waals surface area contributed by atoms with Crippen LogP contribution in [0.4, 0.5) is 5.69 Å². The summed E-state index contributed by atoms with van der Waals surface area (Å²) in [6, 6.07) is 11.9. The predicted octanol–water partition coefficient (Wildman–Crippen LogP) is 3.07. The minimum Gasteiger partial charge on any atom is -0.392 e. The van der Waals surface area contributed by atoms with E-state index in [2.05, 4.69) is 27.4 Å². The van der Waals surface area contributed by atoms with E-state index >= 15 is 0 Å². The summed E-state index contributed by atoms with van der Waals surface area (Å²) in [5.41, 5.74) is 2.76. The molecule has 1 amide bonds. The second kappa shape index (κ2) is 7.81. The van der Waals surface area contributed by atoms with E-state index in [1.807, 2.05) is 18.2 Å². The fourth-order valence-corrected chi connectivity index (χ4v) is 3.06. The van der Waals surface area contributed by atoms with Gasteiger partial charge in [-0.1, -0.05) is 30.3 Å². The first-order valence-corrected chi connectivity index (χ1v) is 8.47. The molecule has 0 aliphatic carbocycles. The second-order valence-electron chi connectivity index (χ2n) is 5.26. The summed E-state index contributed by atoms with van der Waals surface area (Å²) < 4.78 is 0. The molecule has 0 fully saturated rings. The Balaban J connectivity index is 1.63.